The Morgan fingerprint density at radius 3 is 2.50 bits per heavy atom. The number of primary amides is 1. The average molecular weight is 141 g/mol. The fraction of sp³-hybridized carbons (Fsp3) is 0. The van der Waals surface area contributed by atoms with Crippen molar-refractivity contribution in [1.82, 2.24) is 0 Å². The summed E-state index contributed by atoms with van der Waals surface area (Å²) in [5.41, 5.74) is 4.61. The van der Waals surface area contributed by atoms with Crippen LogP contribution in [0.5, 0.6) is 0 Å². The van der Waals surface area contributed by atoms with Crippen LogP contribution in [0.4, 0.5) is 4.39 Å². The number of rotatable bonds is 1. The lowest BCUT2D eigenvalue weighted by Crippen LogP contribution is -2.10. The molecule has 0 fully saturated rings. The van der Waals surface area contributed by atoms with E-state index in [1.807, 2.05) is 0 Å². The van der Waals surface area contributed by atoms with Gasteiger partial charge in [0.15, 0.2) is 0 Å². The molecule has 0 aliphatic carbocycles. The van der Waals surface area contributed by atoms with Gasteiger partial charge in [0, 0.05) is 5.56 Å². The van der Waals surface area contributed by atoms with E-state index in [2.05, 4.69) is 0 Å². The molecule has 10 heavy (non-hydrogen) atoms. The van der Waals surface area contributed by atoms with Crippen molar-refractivity contribution in [2.24, 2.45) is 5.73 Å². The van der Waals surface area contributed by atoms with E-state index >= 15 is 0 Å². The van der Waals surface area contributed by atoms with Gasteiger partial charge in [0.2, 0.25) is 5.91 Å². The minimum absolute atomic E-state index is 0.253. The largest absolute Gasteiger partial charge is 0.366 e. The SMILES string of the molecule is [2H]c1cc(F)cc([2H])c1C(N)=O. The van der Waals surface area contributed by atoms with Crippen LogP contribution >= 0.6 is 0 Å². The topological polar surface area (TPSA) is 43.1 Å². The molecule has 2 N–H and O–H groups in total. The molecule has 3 heteroatoms. The van der Waals surface area contributed by atoms with Crippen LogP contribution < -0.4 is 5.73 Å². The van der Waals surface area contributed by atoms with Crippen molar-refractivity contribution in [3.63, 3.8) is 0 Å². The Labute approximate surface area is 60.3 Å². The number of hydrogen-bond donors (Lipinski definition) is 1. The second-order valence-electron chi connectivity index (χ2n) is 1.70. The summed E-state index contributed by atoms with van der Waals surface area (Å²) in [6.07, 6.45) is 0. The van der Waals surface area contributed by atoms with Crippen molar-refractivity contribution in [3.8, 4) is 0 Å². The number of nitrogens with two attached hydrogens (primary N) is 1. The Hall–Kier alpha value is -1.38. The van der Waals surface area contributed by atoms with Gasteiger partial charge in [-0.25, -0.2) is 4.39 Å². The third-order valence-corrected chi connectivity index (χ3v) is 0.955. The van der Waals surface area contributed by atoms with Crippen LogP contribution in [-0.4, -0.2) is 5.91 Å². The molecule has 1 rings (SSSR count). The smallest absolute Gasteiger partial charge is 0.248 e. The lowest BCUT2D eigenvalue weighted by atomic mass is 10.2. The Bertz CT molecular complexity index is 317. The molecule has 0 spiro atoms. The van der Waals surface area contributed by atoms with E-state index in [4.69, 9.17) is 8.48 Å². The molecule has 0 aliphatic heterocycles. The minimum Gasteiger partial charge on any atom is -0.366 e. The molecular formula is C7H6FNO. The van der Waals surface area contributed by atoms with Gasteiger partial charge < -0.3 is 5.73 Å². The van der Waals surface area contributed by atoms with E-state index in [0.29, 0.717) is 0 Å². The van der Waals surface area contributed by atoms with Gasteiger partial charge in [0.05, 0.1) is 2.74 Å². The molecule has 2 nitrogen and oxygen atoms in total. The zero-order valence-electron chi connectivity index (χ0n) is 7.02. The normalized spacial score (nSPS) is 12.1. The number of benzene rings is 1. The minimum atomic E-state index is -0.884. The maximum absolute atomic E-state index is 12.5. The highest BCUT2D eigenvalue weighted by Gasteiger charge is 1.97. The molecule has 1 aromatic carbocycles. The second-order valence-corrected chi connectivity index (χ2v) is 1.70. The highest BCUT2D eigenvalue weighted by molar-refractivity contribution is 5.92. The summed E-state index contributed by atoms with van der Waals surface area (Å²) >= 11 is 0. The second kappa shape index (κ2) is 2.47. The van der Waals surface area contributed by atoms with Gasteiger partial charge >= 0.3 is 0 Å². The fourth-order valence-electron chi connectivity index (χ4n) is 0.508. The van der Waals surface area contributed by atoms with Gasteiger partial charge in [-0.2, -0.15) is 0 Å². The van der Waals surface area contributed by atoms with E-state index in [9.17, 15) is 9.18 Å². The van der Waals surface area contributed by atoms with Gasteiger partial charge in [-0.3, -0.25) is 4.79 Å². The van der Waals surface area contributed by atoms with E-state index in [1.54, 1.807) is 0 Å². The molecule has 1 amide bonds. The summed E-state index contributed by atoms with van der Waals surface area (Å²) in [4.78, 5) is 10.6. The van der Waals surface area contributed by atoms with E-state index in [-0.39, 0.29) is 17.6 Å². The van der Waals surface area contributed by atoms with Crippen molar-refractivity contribution in [1.29, 1.82) is 0 Å². The standard InChI is InChI=1S/C7H6FNO/c8-6-3-1-5(2-4-6)7(9)10/h1-4H,(H2,9,10)/i1D,2D. The van der Waals surface area contributed by atoms with Gasteiger partial charge in [0.1, 0.15) is 5.82 Å². The van der Waals surface area contributed by atoms with Crippen LogP contribution in [0, 0.1) is 5.82 Å². The molecule has 0 aliphatic rings. The summed E-state index contributed by atoms with van der Waals surface area (Å²) in [7, 11) is 0. The first-order valence-corrected chi connectivity index (χ1v) is 2.59. The molecule has 0 aromatic heterocycles. The first-order valence-electron chi connectivity index (χ1n) is 3.59. The lowest BCUT2D eigenvalue weighted by molar-refractivity contribution is 0.100. The Balaban J connectivity index is 3.38. The van der Waals surface area contributed by atoms with Gasteiger partial charge in [-0.05, 0) is 24.2 Å². The molecule has 0 bridgehead atoms. The van der Waals surface area contributed by atoms with Crippen LogP contribution in [-0.2, 0) is 0 Å². The Kier molecular flexibility index (Phi) is 1.10. The van der Waals surface area contributed by atoms with Crippen LogP contribution in [0.2, 0.25) is 0 Å². The molecule has 0 unspecified atom stereocenters. The Morgan fingerprint density at radius 2 is 2.10 bits per heavy atom. The molecule has 1 aromatic rings. The van der Waals surface area contributed by atoms with E-state index in [1.165, 1.54) is 0 Å². The van der Waals surface area contributed by atoms with E-state index < -0.39 is 11.7 Å². The molecule has 0 heterocycles. The molecule has 0 atom stereocenters. The van der Waals surface area contributed by atoms with Crippen LogP contribution in [0.25, 0.3) is 0 Å². The number of hydrogen-bond acceptors (Lipinski definition) is 1. The third-order valence-electron chi connectivity index (χ3n) is 0.955. The molecule has 0 saturated carbocycles. The highest BCUT2D eigenvalue weighted by atomic mass is 19.1. The number of amides is 1. The lowest BCUT2D eigenvalue weighted by Gasteiger charge is -1.91. The third kappa shape index (κ3) is 1.31. The summed E-state index contributed by atoms with van der Waals surface area (Å²) in [5, 5.41) is 0. The molecule has 0 radical (unpaired) electrons. The number of halogens is 1. The quantitative estimate of drug-likeness (QED) is 0.621. The number of carbonyl (C=O) groups is 1. The van der Waals surface area contributed by atoms with Crippen molar-refractivity contribution in [2.75, 3.05) is 0 Å². The number of carbonyl (C=O) groups excluding carboxylic acids is 1. The van der Waals surface area contributed by atoms with E-state index in [0.717, 1.165) is 12.1 Å². The van der Waals surface area contributed by atoms with Crippen LogP contribution in [0.1, 0.15) is 13.1 Å². The van der Waals surface area contributed by atoms with Gasteiger partial charge in [-0.15, -0.1) is 0 Å². The van der Waals surface area contributed by atoms with Gasteiger partial charge in [0.25, 0.3) is 0 Å². The maximum Gasteiger partial charge on any atom is 0.248 e. The van der Waals surface area contributed by atoms with Crippen molar-refractivity contribution >= 4 is 5.91 Å². The summed E-state index contributed by atoms with van der Waals surface area (Å²) in [5.74, 6) is -1.60. The fourth-order valence-corrected chi connectivity index (χ4v) is 0.508. The first kappa shape index (κ1) is 4.44. The predicted molar refractivity (Wildman–Crippen MR) is 34.9 cm³/mol. The molecular weight excluding hydrogens is 133 g/mol. The highest BCUT2D eigenvalue weighted by Crippen LogP contribution is 2.00. The predicted octanol–water partition coefficient (Wildman–Crippen LogP) is 0.925. The van der Waals surface area contributed by atoms with Gasteiger partial charge in [-0.1, -0.05) is 0 Å². The molecule has 0 saturated heterocycles. The van der Waals surface area contributed by atoms with Crippen molar-refractivity contribution in [2.45, 2.75) is 0 Å². The van der Waals surface area contributed by atoms with Crippen molar-refractivity contribution in [3.05, 3.63) is 35.6 Å². The summed E-state index contributed by atoms with van der Waals surface area (Å²) in [6, 6.07) is 0.982. The summed E-state index contributed by atoms with van der Waals surface area (Å²) in [6.45, 7) is 0. The Morgan fingerprint density at radius 1 is 1.60 bits per heavy atom. The van der Waals surface area contributed by atoms with Crippen LogP contribution in [0.15, 0.2) is 24.2 Å². The zero-order chi connectivity index (χ0) is 9.30. The maximum atomic E-state index is 12.5. The monoisotopic (exact) mass is 141 g/mol. The summed E-state index contributed by atoms with van der Waals surface area (Å²) < 4.78 is 26.7. The van der Waals surface area contributed by atoms with Crippen molar-refractivity contribution < 1.29 is 11.9 Å². The first-order chi connectivity index (χ1) is 5.52. The average Bonchev–Trinajstić information content (AvgIpc) is 1.82. The zero-order valence-corrected chi connectivity index (χ0v) is 5.02. The molecule has 52 valence electrons. The van der Waals surface area contributed by atoms with Crippen LogP contribution in [0.3, 0.4) is 0 Å².